The van der Waals surface area contributed by atoms with Gasteiger partial charge in [-0.05, 0) is 18.6 Å². The van der Waals surface area contributed by atoms with E-state index in [9.17, 15) is 9.90 Å². The standard InChI is InChI=1S/C13H13N3O3/c1-2-9-11-10(13(17)18)15-6-16(11)8-5-3-4-7(14)12(8)19-9/h3-6,9H,2,14H2,1H3,(H,17,18). The Kier molecular flexibility index (Phi) is 2.45. The molecule has 2 aromatic rings. The van der Waals surface area contributed by atoms with Crippen LogP contribution in [0.25, 0.3) is 5.69 Å². The number of hydrogen-bond acceptors (Lipinski definition) is 4. The molecule has 3 N–H and O–H groups in total. The zero-order valence-electron chi connectivity index (χ0n) is 10.3. The number of carbonyl (C=O) groups is 1. The summed E-state index contributed by atoms with van der Waals surface area (Å²) in [6.45, 7) is 1.93. The van der Waals surface area contributed by atoms with Gasteiger partial charge in [0.05, 0.1) is 17.1 Å². The largest absolute Gasteiger partial charge is 0.480 e. The van der Waals surface area contributed by atoms with Crippen LogP contribution in [-0.4, -0.2) is 20.6 Å². The normalized spacial score (nSPS) is 16.4. The summed E-state index contributed by atoms with van der Waals surface area (Å²) in [6.07, 6.45) is 1.79. The van der Waals surface area contributed by atoms with Gasteiger partial charge in [0.2, 0.25) is 0 Å². The van der Waals surface area contributed by atoms with E-state index < -0.39 is 5.97 Å². The second-order valence-corrected chi connectivity index (χ2v) is 4.36. The molecule has 0 spiro atoms. The van der Waals surface area contributed by atoms with E-state index in [2.05, 4.69) is 4.98 Å². The summed E-state index contributed by atoms with van der Waals surface area (Å²) in [5, 5.41) is 9.19. The van der Waals surface area contributed by atoms with Crippen molar-refractivity contribution in [3.63, 3.8) is 0 Å². The Hall–Kier alpha value is -2.50. The van der Waals surface area contributed by atoms with Crippen LogP contribution >= 0.6 is 0 Å². The Labute approximate surface area is 109 Å². The molecule has 0 radical (unpaired) electrons. The highest BCUT2D eigenvalue weighted by molar-refractivity contribution is 5.87. The van der Waals surface area contributed by atoms with Gasteiger partial charge in [-0.2, -0.15) is 0 Å². The lowest BCUT2D eigenvalue weighted by molar-refractivity contribution is 0.0683. The quantitative estimate of drug-likeness (QED) is 0.805. The number of nitrogen functional groups attached to an aromatic ring is 1. The third kappa shape index (κ3) is 1.56. The first kappa shape index (κ1) is 11.6. The van der Waals surface area contributed by atoms with Gasteiger partial charge in [0.1, 0.15) is 12.4 Å². The highest BCUT2D eigenvalue weighted by Gasteiger charge is 2.32. The molecule has 0 fully saturated rings. The van der Waals surface area contributed by atoms with E-state index in [1.807, 2.05) is 13.0 Å². The summed E-state index contributed by atoms with van der Waals surface area (Å²) in [4.78, 5) is 15.2. The molecule has 1 atom stereocenters. The number of carboxylic acid groups (broad SMARTS) is 1. The summed E-state index contributed by atoms with van der Waals surface area (Å²) in [7, 11) is 0. The van der Waals surface area contributed by atoms with Crippen molar-refractivity contribution in [1.29, 1.82) is 0 Å². The van der Waals surface area contributed by atoms with Crippen molar-refractivity contribution in [2.24, 2.45) is 0 Å². The number of fused-ring (bicyclic) bond motifs is 3. The number of benzene rings is 1. The molecule has 1 unspecified atom stereocenters. The Morgan fingerprint density at radius 1 is 1.58 bits per heavy atom. The molecule has 1 aromatic carbocycles. The number of imidazole rings is 1. The van der Waals surface area contributed by atoms with E-state index >= 15 is 0 Å². The van der Waals surface area contributed by atoms with Crippen molar-refractivity contribution < 1.29 is 14.6 Å². The number of anilines is 1. The maximum Gasteiger partial charge on any atom is 0.356 e. The third-order valence-electron chi connectivity index (χ3n) is 3.23. The van der Waals surface area contributed by atoms with Crippen molar-refractivity contribution in [2.75, 3.05) is 5.73 Å². The maximum absolute atomic E-state index is 11.2. The average molecular weight is 259 g/mol. The minimum atomic E-state index is -1.05. The van der Waals surface area contributed by atoms with Crippen LogP contribution < -0.4 is 10.5 Å². The summed E-state index contributed by atoms with van der Waals surface area (Å²) in [5.74, 6) is -0.473. The lowest BCUT2D eigenvalue weighted by atomic mass is 10.1. The van der Waals surface area contributed by atoms with Crippen molar-refractivity contribution in [2.45, 2.75) is 19.4 Å². The van der Waals surface area contributed by atoms with Crippen LogP contribution in [0, 0.1) is 0 Å². The van der Waals surface area contributed by atoms with E-state index in [1.165, 1.54) is 6.33 Å². The van der Waals surface area contributed by atoms with E-state index in [0.717, 1.165) is 5.69 Å². The summed E-state index contributed by atoms with van der Waals surface area (Å²) >= 11 is 0. The topological polar surface area (TPSA) is 90.4 Å². The van der Waals surface area contributed by atoms with Crippen LogP contribution in [0.15, 0.2) is 24.5 Å². The number of para-hydroxylation sites is 1. The zero-order chi connectivity index (χ0) is 13.6. The van der Waals surface area contributed by atoms with E-state index in [4.69, 9.17) is 10.5 Å². The molecule has 6 nitrogen and oxygen atoms in total. The molecule has 3 rings (SSSR count). The van der Waals surface area contributed by atoms with Gasteiger partial charge < -0.3 is 15.6 Å². The Morgan fingerprint density at radius 3 is 3.05 bits per heavy atom. The molecule has 0 bridgehead atoms. The number of carboxylic acids is 1. The first-order valence-corrected chi connectivity index (χ1v) is 5.99. The van der Waals surface area contributed by atoms with Gasteiger partial charge in [-0.25, -0.2) is 9.78 Å². The highest BCUT2D eigenvalue weighted by atomic mass is 16.5. The van der Waals surface area contributed by atoms with Gasteiger partial charge in [0, 0.05) is 0 Å². The number of hydrogen-bond donors (Lipinski definition) is 2. The Balaban J connectivity index is 2.28. The lowest BCUT2D eigenvalue weighted by Crippen LogP contribution is -2.21. The van der Waals surface area contributed by atoms with Gasteiger partial charge in [-0.3, -0.25) is 4.57 Å². The fourth-order valence-electron chi connectivity index (χ4n) is 2.36. The highest BCUT2D eigenvalue weighted by Crippen LogP contribution is 2.41. The van der Waals surface area contributed by atoms with Crippen molar-refractivity contribution in [3.8, 4) is 11.4 Å². The number of aromatic carboxylic acids is 1. The van der Waals surface area contributed by atoms with Gasteiger partial charge >= 0.3 is 5.97 Å². The van der Waals surface area contributed by atoms with Gasteiger partial charge in [0.15, 0.2) is 11.4 Å². The predicted octanol–water partition coefficient (Wildman–Crippen LogP) is 2.00. The SMILES string of the molecule is CCC1Oc2c(N)cccc2-n2cnc(C(=O)O)c21. The molecule has 98 valence electrons. The van der Waals surface area contributed by atoms with Gasteiger partial charge in [-0.15, -0.1) is 0 Å². The first-order chi connectivity index (χ1) is 9.13. The molecule has 2 heterocycles. The Morgan fingerprint density at radius 2 is 2.37 bits per heavy atom. The van der Waals surface area contributed by atoms with Crippen LogP contribution in [0.4, 0.5) is 5.69 Å². The average Bonchev–Trinajstić information content (AvgIpc) is 2.83. The summed E-state index contributed by atoms with van der Waals surface area (Å²) < 4.78 is 7.58. The molecule has 6 heteroatoms. The summed E-state index contributed by atoms with van der Waals surface area (Å²) in [6, 6.07) is 5.38. The van der Waals surface area contributed by atoms with Crippen molar-refractivity contribution in [1.82, 2.24) is 9.55 Å². The molecular weight excluding hydrogens is 246 g/mol. The minimum Gasteiger partial charge on any atom is -0.480 e. The van der Waals surface area contributed by atoms with E-state index in [0.29, 0.717) is 23.6 Å². The molecular formula is C13H13N3O3. The van der Waals surface area contributed by atoms with Crippen LogP contribution in [0.5, 0.6) is 5.75 Å². The van der Waals surface area contributed by atoms with Crippen molar-refractivity contribution >= 4 is 11.7 Å². The van der Waals surface area contributed by atoms with E-state index in [1.54, 1.807) is 16.7 Å². The molecule has 0 amide bonds. The smallest absolute Gasteiger partial charge is 0.356 e. The maximum atomic E-state index is 11.2. The van der Waals surface area contributed by atoms with Gasteiger partial charge in [-0.1, -0.05) is 13.0 Å². The number of nitrogens with zero attached hydrogens (tertiary/aromatic N) is 2. The first-order valence-electron chi connectivity index (χ1n) is 5.99. The van der Waals surface area contributed by atoms with E-state index in [-0.39, 0.29) is 11.8 Å². The molecule has 1 aliphatic rings. The second-order valence-electron chi connectivity index (χ2n) is 4.36. The fourth-order valence-corrected chi connectivity index (χ4v) is 2.36. The van der Waals surface area contributed by atoms with Gasteiger partial charge in [0.25, 0.3) is 0 Å². The molecule has 1 aromatic heterocycles. The zero-order valence-corrected chi connectivity index (χ0v) is 10.3. The molecule has 0 saturated heterocycles. The molecule has 0 saturated carbocycles. The summed E-state index contributed by atoms with van der Waals surface area (Å²) in [5.41, 5.74) is 7.75. The monoisotopic (exact) mass is 259 g/mol. The second kappa shape index (κ2) is 4.01. The lowest BCUT2D eigenvalue weighted by Gasteiger charge is -2.28. The number of rotatable bonds is 2. The molecule has 0 aliphatic carbocycles. The molecule has 19 heavy (non-hydrogen) atoms. The third-order valence-corrected chi connectivity index (χ3v) is 3.23. The van der Waals surface area contributed by atoms with Crippen LogP contribution in [0.1, 0.15) is 35.6 Å². The van der Waals surface area contributed by atoms with Crippen LogP contribution in [-0.2, 0) is 0 Å². The fraction of sp³-hybridized carbons (Fsp3) is 0.231. The number of nitrogens with two attached hydrogens (primary N) is 1. The predicted molar refractivity (Wildman–Crippen MR) is 68.6 cm³/mol. The number of ether oxygens (including phenoxy) is 1. The molecule has 1 aliphatic heterocycles. The van der Waals surface area contributed by atoms with Crippen LogP contribution in [0.3, 0.4) is 0 Å². The number of aromatic nitrogens is 2. The van der Waals surface area contributed by atoms with Crippen molar-refractivity contribution in [3.05, 3.63) is 35.9 Å². The minimum absolute atomic E-state index is 0.0277. The van der Waals surface area contributed by atoms with Crippen LogP contribution in [0.2, 0.25) is 0 Å². The Bertz CT molecular complexity index is 663.